The van der Waals surface area contributed by atoms with E-state index >= 15 is 0 Å². The Morgan fingerprint density at radius 2 is 2.33 bits per heavy atom. The molecular formula is C9H10N4O2. The predicted octanol–water partition coefficient (Wildman–Crippen LogP) is 1.27. The average molecular weight is 206 g/mol. The molecule has 78 valence electrons. The van der Waals surface area contributed by atoms with Crippen LogP contribution in [0.3, 0.4) is 0 Å². The highest BCUT2D eigenvalue weighted by Gasteiger charge is 2.13. The topological polar surface area (TPSA) is 83.8 Å². The fraction of sp³-hybridized carbons (Fsp3) is 0.222. The van der Waals surface area contributed by atoms with Crippen molar-refractivity contribution in [3.8, 4) is 0 Å². The van der Waals surface area contributed by atoms with Crippen molar-refractivity contribution >= 4 is 11.7 Å². The summed E-state index contributed by atoms with van der Waals surface area (Å²) in [5, 5.41) is 6.23. The van der Waals surface area contributed by atoms with Crippen molar-refractivity contribution in [2.45, 2.75) is 13.8 Å². The molecule has 2 aromatic heterocycles. The number of amides is 1. The zero-order chi connectivity index (χ0) is 10.8. The number of H-pyrrole nitrogens is 1. The minimum atomic E-state index is -0.304. The lowest BCUT2D eigenvalue weighted by Gasteiger charge is -1.97. The lowest BCUT2D eigenvalue weighted by Crippen LogP contribution is -2.13. The highest BCUT2D eigenvalue weighted by molar-refractivity contribution is 6.03. The second kappa shape index (κ2) is 3.56. The number of carbonyl (C=O) groups excluding carboxylic acids is 1. The number of imidazole rings is 1. The monoisotopic (exact) mass is 206 g/mol. The van der Waals surface area contributed by atoms with Crippen LogP contribution in [0.25, 0.3) is 0 Å². The fourth-order valence-corrected chi connectivity index (χ4v) is 1.19. The minimum absolute atomic E-state index is 0.304. The van der Waals surface area contributed by atoms with Crippen LogP contribution in [-0.2, 0) is 0 Å². The summed E-state index contributed by atoms with van der Waals surface area (Å²) in [6.07, 6.45) is 1.47. The Bertz CT molecular complexity index is 486. The van der Waals surface area contributed by atoms with E-state index in [9.17, 15) is 4.79 Å². The summed E-state index contributed by atoms with van der Waals surface area (Å²) < 4.78 is 4.82. The van der Waals surface area contributed by atoms with Gasteiger partial charge in [-0.2, -0.15) is 0 Å². The maximum Gasteiger partial charge on any atom is 0.277 e. The lowest BCUT2D eigenvalue weighted by molar-refractivity contribution is 0.102. The predicted molar refractivity (Wildman–Crippen MR) is 52.5 cm³/mol. The van der Waals surface area contributed by atoms with Crippen molar-refractivity contribution in [1.82, 2.24) is 15.1 Å². The first-order chi connectivity index (χ1) is 7.16. The van der Waals surface area contributed by atoms with Crippen LogP contribution in [0.2, 0.25) is 0 Å². The molecule has 0 spiro atoms. The molecule has 2 rings (SSSR count). The molecular weight excluding hydrogens is 196 g/mol. The standard InChI is InChI=1S/C9H10N4O2/c1-5-3-7(13-15-5)12-9(14)8-6(2)10-4-11-8/h3-4H,1-2H3,(H,10,11)(H,12,13,14). The van der Waals surface area contributed by atoms with E-state index in [-0.39, 0.29) is 5.91 Å². The molecule has 6 nitrogen and oxygen atoms in total. The highest BCUT2D eigenvalue weighted by Crippen LogP contribution is 2.09. The molecule has 0 aliphatic heterocycles. The highest BCUT2D eigenvalue weighted by atomic mass is 16.5. The number of rotatable bonds is 2. The van der Waals surface area contributed by atoms with Crippen molar-refractivity contribution in [3.05, 3.63) is 29.5 Å². The van der Waals surface area contributed by atoms with Gasteiger partial charge >= 0.3 is 0 Å². The van der Waals surface area contributed by atoms with Gasteiger partial charge in [-0.15, -0.1) is 0 Å². The number of aryl methyl sites for hydroxylation is 2. The van der Waals surface area contributed by atoms with Gasteiger partial charge in [-0.05, 0) is 13.8 Å². The zero-order valence-electron chi connectivity index (χ0n) is 8.37. The van der Waals surface area contributed by atoms with Crippen LogP contribution in [0.1, 0.15) is 21.9 Å². The summed E-state index contributed by atoms with van der Waals surface area (Å²) in [4.78, 5) is 18.3. The third-order valence-corrected chi connectivity index (χ3v) is 1.91. The molecule has 0 saturated heterocycles. The molecule has 0 fully saturated rings. The van der Waals surface area contributed by atoms with Crippen molar-refractivity contribution in [3.63, 3.8) is 0 Å². The minimum Gasteiger partial charge on any atom is -0.360 e. The summed E-state index contributed by atoms with van der Waals surface area (Å²) in [5.41, 5.74) is 1.07. The molecule has 0 aromatic carbocycles. The van der Waals surface area contributed by atoms with Crippen LogP contribution < -0.4 is 5.32 Å². The second-order valence-electron chi connectivity index (χ2n) is 3.15. The first-order valence-corrected chi connectivity index (χ1v) is 4.41. The van der Waals surface area contributed by atoms with E-state index in [4.69, 9.17) is 4.52 Å². The van der Waals surface area contributed by atoms with Gasteiger partial charge in [0, 0.05) is 11.8 Å². The molecule has 6 heteroatoms. The van der Waals surface area contributed by atoms with Gasteiger partial charge in [0.25, 0.3) is 5.91 Å². The number of nitrogens with zero attached hydrogens (tertiary/aromatic N) is 2. The number of aromatic nitrogens is 3. The molecule has 0 saturated carbocycles. The van der Waals surface area contributed by atoms with Crippen LogP contribution in [0, 0.1) is 13.8 Å². The molecule has 0 aliphatic carbocycles. The van der Waals surface area contributed by atoms with E-state index in [1.54, 1.807) is 19.9 Å². The second-order valence-corrected chi connectivity index (χ2v) is 3.15. The summed E-state index contributed by atoms with van der Waals surface area (Å²) in [6.45, 7) is 3.53. The molecule has 2 heterocycles. The number of nitrogens with one attached hydrogen (secondary N) is 2. The van der Waals surface area contributed by atoms with Gasteiger partial charge in [-0.1, -0.05) is 5.16 Å². The number of hydrogen-bond donors (Lipinski definition) is 2. The zero-order valence-corrected chi connectivity index (χ0v) is 8.37. The Kier molecular flexibility index (Phi) is 2.24. The van der Waals surface area contributed by atoms with Gasteiger partial charge in [-0.25, -0.2) is 4.98 Å². The van der Waals surface area contributed by atoms with Crippen molar-refractivity contribution in [2.24, 2.45) is 0 Å². The van der Waals surface area contributed by atoms with Crippen LogP contribution in [0.15, 0.2) is 16.9 Å². The van der Waals surface area contributed by atoms with Crippen LogP contribution >= 0.6 is 0 Å². The van der Waals surface area contributed by atoms with Crippen LogP contribution in [0.4, 0.5) is 5.82 Å². The molecule has 2 N–H and O–H groups in total. The number of carbonyl (C=O) groups is 1. The Morgan fingerprint density at radius 3 is 2.87 bits per heavy atom. The molecule has 0 unspecified atom stereocenters. The molecule has 0 aliphatic rings. The summed E-state index contributed by atoms with van der Waals surface area (Å²) >= 11 is 0. The third kappa shape index (κ3) is 1.88. The molecule has 0 radical (unpaired) electrons. The van der Waals surface area contributed by atoms with E-state index in [1.165, 1.54) is 6.33 Å². The van der Waals surface area contributed by atoms with Crippen molar-refractivity contribution in [2.75, 3.05) is 5.32 Å². The lowest BCUT2D eigenvalue weighted by atomic mass is 10.3. The molecule has 0 atom stereocenters. The average Bonchev–Trinajstić information content (AvgIpc) is 2.75. The molecule has 15 heavy (non-hydrogen) atoms. The van der Waals surface area contributed by atoms with E-state index in [0.29, 0.717) is 23.0 Å². The summed E-state index contributed by atoms with van der Waals surface area (Å²) in [6, 6.07) is 1.64. The normalized spacial score (nSPS) is 10.3. The van der Waals surface area contributed by atoms with Gasteiger partial charge in [0.05, 0.1) is 6.33 Å². The van der Waals surface area contributed by atoms with Gasteiger partial charge in [0.2, 0.25) is 0 Å². The third-order valence-electron chi connectivity index (χ3n) is 1.91. The molecule has 1 amide bonds. The van der Waals surface area contributed by atoms with Crippen LogP contribution in [0.5, 0.6) is 0 Å². The van der Waals surface area contributed by atoms with Crippen LogP contribution in [-0.4, -0.2) is 21.0 Å². The smallest absolute Gasteiger partial charge is 0.277 e. The molecule has 0 bridgehead atoms. The van der Waals surface area contributed by atoms with Gasteiger partial charge in [0.1, 0.15) is 11.5 Å². The van der Waals surface area contributed by atoms with Gasteiger partial charge in [0.15, 0.2) is 5.82 Å². The first-order valence-electron chi connectivity index (χ1n) is 4.41. The van der Waals surface area contributed by atoms with E-state index in [0.717, 1.165) is 0 Å². The maximum atomic E-state index is 11.6. The number of hydrogen-bond acceptors (Lipinski definition) is 4. The Hall–Kier alpha value is -2.11. The van der Waals surface area contributed by atoms with E-state index < -0.39 is 0 Å². The number of anilines is 1. The Balaban J connectivity index is 2.14. The van der Waals surface area contributed by atoms with Crippen molar-refractivity contribution < 1.29 is 9.32 Å². The maximum absolute atomic E-state index is 11.6. The van der Waals surface area contributed by atoms with Gasteiger partial charge < -0.3 is 14.8 Å². The van der Waals surface area contributed by atoms with E-state index in [1.807, 2.05) is 0 Å². The quantitative estimate of drug-likeness (QED) is 0.774. The van der Waals surface area contributed by atoms with E-state index in [2.05, 4.69) is 20.4 Å². The van der Waals surface area contributed by atoms with Crippen molar-refractivity contribution in [1.29, 1.82) is 0 Å². The molecule has 2 aromatic rings. The number of aromatic amines is 1. The summed E-state index contributed by atoms with van der Waals surface area (Å²) in [5.74, 6) is 0.728. The first kappa shape index (κ1) is 9.45. The van der Waals surface area contributed by atoms with Gasteiger partial charge in [-0.3, -0.25) is 4.79 Å². The SMILES string of the molecule is Cc1cc(NC(=O)c2nc[nH]c2C)no1. The Labute approximate surface area is 85.7 Å². The Morgan fingerprint density at radius 1 is 1.53 bits per heavy atom. The summed E-state index contributed by atoms with van der Waals surface area (Å²) in [7, 11) is 0. The fourth-order valence-electron chi connectivity index (χ4n) is 1.19. The largest absolute Gasteiger partial charge is 0.360 e.